The predicted molar refractivity (Wildman–Crippen MR) is 71.0 cm³/mol. The maximum atomic E-state index is 11.6. The number of nitrogens with one attached hydrogen (secondary N) is 2. The normalized spacial score (nSPS) is 11.2. The van der Waals surface area contributed by atoms with Gasteiger partial charge in [-0.2, -0.15) is 0 Å². The molecule has 0 atom stereocenters. The van der Waals surface area contributed by atoms with Crippen LogP contribution in [0.25, 0.3) is 11.1 Å². The first-order chi connectivity index (χ1) is 8.46. The molecule has 0 amide bonds. The molecule has 2 aromatic rings. The summed E-state index contributed by atoms with van der Waals surface area (Å²) in [7, 11) is -3.32. The second kappa shape index (κ2) is 4.66. The van der Waals surface area contributed by atoms with Gasteiger partial charge in [-0.3, -0.25) is 9.52 Å². The molecule has 0 aliphatic rings. The number of hydrogen-bond donors (Lipinski definition) is 2. The van der Waals surface area contributed by atoms with Crippen LogP contribution in [0.2, 0.25) is 0 Å². The van der Waals surface area contributed by atoms with Gasteiger partial charge >= 0.3 is 0 Å². The van der Waals surface area contributed by atoms with Gasteiger partial charge in [-0.25, -0.2) is 8.42 Å². The third-order valence-corrected chi connectivity index (χ3v) is 2.90. The van der Waals surface area contributed by atoms with E-state index in [1.807, 2.05) is 0 Å². The Labute approximate surface area is 105 Å². The smallest absolute Gasteiger partial charge is 0.255 e. The zero-order valence-corrected chi connectivity index (χ0v) is 10.5. The lowest BCUT2D eigenvalue weighted by molar-refractivity contribution is 0.607. The Balaban J connectivity index is 2.46. The van der Waals surface area contributed by atoms with Crippen molar-refractivity contribution in [2.24, 2.45) is 0 Å². The summed E-state index contributed by atoms with van der Waals surface area (Å²) in [6.45, 7) is 0. The standard InChI is InChI=1S/C12H12N2O3S/c1-18(16,17)14-10-5-2-4-9(8-10)11-6-3-7-13-12(11)15/h2-8,14H,1H3,(H,13,15). The van der Waals surface area contributed by atoms with Crippen molar-refractivity contribution in [3.8, 4) is 11.1 Å². The van der Waals surface area contributed by atoms with Gasteiger partial charge in [0.15, 0.2) is 0 Å². The molecule has 0 saturated heterocycles. The summed E-state index contributed by atoms with van der Waals surface area (Å²) in [5, 5.41) is 0. The lowest BCUT2D eigenvalue weighted by Crippen LogP contribution is -2.10. The average Bonchev–Trinajstić information content (AvgIpc) is 2.27. The molecule has 0 saturated carbocycles. The van der Waals surface area contributed by atoms with Crippen LogP contribution >= 0.6 is 0 Å². The van der Waals surface area contributed by atoms with E-state index in [2.05, 4.69) is 9.71 Å². The van der Waals surface area contributed by atoms with Crippen LogP contribution in [0, 0.1) is 0 Å². The summed E-state index contributed by atoms with van der Waals surface area (Å²) in [5.74, 6) is 0. The van der Waals surface area contributed by atoms with Crippen molar-refractivity contribution in [3.63, 3.8) is 0 Å². The first-order valence-corrected chi connectivity index (χ1v) is 7.11. The SMILES string of the molecule is CS(=O)(=O)Nc1cccc(-c2ccc[nH]c2=O)c1. The lowest BCUT2D eigenvalue weighted by Gasteiger charge is -2.06. The zero-order chi connectivity index (χ0) is 13.2. The van der Waals surface area contributed by atoms with E-state index in [0.717, 1.165) is 6.26 Å². The van der Waals surface area contributed by atoms with E-state index in [9.17, 15) is 13.2 Å². The quantitative estimate of drug-likeness (QED) is 0.879. The molecule has 0 fully saturated rings. The maximum Gasteiger partial charge on any atom is 0.255 e. The molecular weight excluding hydrogens is 252 g/mol. The van der Waals surface area contributed by atoms with Crippen LogP contribution in [-0.2, 0) is 10.0 Å². The number of hydrogen-bond acceptors (Lipinski definition) is 3. The van der Waals surface area contributed by atoms with Gasteiger partial charge in [0, 0.05) is 17.4 Å². The van der Waals surface area contributed by atoms with Gasteiger partial charge < -0.3 is 4.98 Å². The number of sulfonamides is 1. The van der Waals surface area contributed by atoms with Crippen LogP contribution in [0.5, 0.6) is 0 Å². The number of benzene rings is 1. The molecule has 18 heavy (non-hydrogen) atoms. The molecule has 0 aliphatic carbocycles. The van der Waals surface area contributed by atoms with Crippen molar-refractivity contribution in [2.75, 3.05) is 11.0 Å². The van der Waals surface area contributed by atoms with E-state index >= 15 is 0 Å². The minimum absolute atomic E-state index is 0.214. The predicted octanol–water partition coefficient (Wildman–Crippen LogP) is 1.41. The molecule has 0 unspecified atom stereocenters. The molecule has 2 N–H and O–H groups in total. The van der Waals surface area contributed by atoms with Gasteiger partial charge in [0.2, 0.25) is 10.0 Å². The molecule has 0 aliphatic heterocycles. The number of aromatic nitrogens is 1. The van der Waals surface area contributed by atoms with Crippen LogP contribution in [-0.4, -0.2) is 19.7 Å². The first-order valence-electron chi connectivity index (χ1n) is 5.22. The zero-order valence-electron chi connectivity index (χ0n) is 9.67. The third-order valence-electron chi connectivity index (χ3n) is 2.29. The van der Waals surface area contributed by atoms with Crippen molar-refractivity contribution < 1.29 is 8.42 Å². The average molecular weight is 264 g/mol. The van der Waals surface area contributed by atoms with Gasteiger partial charge in [0.25, 0.3) is 5.56 Å². The monoisotopic (exact) mass is 264 g/mol. The van der Waals surface area contributed by atoms with Crippen molar-refractivity contribution in [1.82, 2.24) is 4.98 Å². The number of H-pyrrole nitrogens is 1. The molecule has 0 spiro atoms. The molecule has 1 aromatic heterocycles. The van der Waals surface area contributed by atoms with E-state index in [4.69, 9.17) is 0 Å². The van der Waals surface area contributed by atoms with Gasteiger partial charge in [-0.05, 0) is 29.8 Å². The Morgan fingerprint density at radius 2 is 1.94 bits per heavy atom. The van der Waals surface area contributed by atoms with Gasteiger partial charge in [-0.1, -0.05) is 12.1 Å². The van der Waals surface area contributed by atoms with Crippen LogP contribution < -0.4 is 10.3 Å². The van der Waals surface area contributed by atoms with Crippen LogP contribution in [0.3, 0.4) is 0 Å². The molecule has 0 bridgehead atoms. The molecule has 1 aromatic carbocycles. The molecule has 6 heteroatoms. The number of anilines is 1. The Morgan fingerprint density at radius 1 is 1.17 bits per heavy atom. The molecule has 5 nitrogen and oxygen atoms in total. The van der Waals surface area contributed by atoms with Crippen molar-refractivity contribution in [3.05, 3.63) is 52.9 Å². The topological polar surface area (TPSA) is 79.0 Å². The fraction of sp³-hybridized carbons (Fsp3) is 0.0833. The molecule has 0 radical (unpaired) electrons. The van der Waals surface area contributed by atoms with E-state index in [1.54, 1.807) is 42.6 Å². The Kier molecular flexibility index (Phi) is 3.20. The highest BCUT2D eigenvalue weighted by Gasteiger charge is 2.05. The molecule has 2 rings (SSSR count). The second-order valence-corrected chi connectivity index (χ2v) is 5.62. The lowest BCUT2D eigenvalue weighted by atomic mass is 10.1. The fourth-order valence-corrected chi connectivity index (χ4v) is 2.17. The van der Waals surface area contributed by atoms with Gasteiger partial charge in [0.1, 0.15) is 0 Å². The summed E-state index contributed by atoms with van der Waals surface area (Å²) in [6, 6.07) is 10.1. The van der Waals surface area contributed by atoms with E-state index in [1.165, 1.54) is 0 Å². The Morgan fingerprint density at radius 3 is 2.61 bits per heavy atom. The van der Waals surface area contributed by atoms with E-state index in [-0.39, 0.29) is 5.56 Å². The highest BCUT2D eigenvalue weighted by atomic mass is 32.2. The van der Waals surface area contributed by atoms with E-state index < -0.39 is 10.0 Å². The minimum atomic E-state index is -3.32. The number of pyridine rings is 1. The maximum absolute atomic E-state index is 11.6. The first kappa shape index (κ1) is 12.4. The van der Waals surface area contributed by atoms with Gasteiger partial charge in [-0.15, -0.1) is 0 Å². The fourth-order valence-electron chi connectivity index (χ4n) is 1.61. The Hall–Kier alpha value is -2.08. The summed E-state index contributed by atoms with van der Waals surface area (Å²) >= 11 is 0. The van der Waals surface area contributed by atoms with Crippen LogP contribution in [0.4, 0.5) is 5.69 Å². The Bertz CT molecular complexity index is 720. The van der Waals surface area contributed by atoms with Crippen molar-refractivity contribution in [2.45, 2.75) is 0 Å². The van der Waals surface area contributed by atoms with Crippen molar-refractivity contribution >= 4 is 15.7 Å². The van der Waals surface area contributed by atoms with E-state index in [0.29, 0.717) is 16.8 Å². The minimum Gasteiger partial charge on any atom is -0.329 e. The summed E-state index contributed by atoms with van der Waals surface area (Å²) in [5.41, 5.74) is 1.37. The summed E-state index contributed by atoms with van der Waals surface area (Å²) in [6.07, 6.45) is 2.62. The molecule has 94 valence electrons. The van der Waals surface area contributed by atoms with Crippen molar-refractivity contribution in [1.29, 1.82) is 0 Å². The second-order valence-electron chi connectivity index (χ2n) is 3.87. The summed E-state index contributed by atoms with van der Waals surface area (Å²) in [4.78, 5) is 14.2. The number of rotatable bonds is 3. The highest BCUT2D eigenvalue weighted by Crippen LogP contribution is 2.19. The van der Waals surface area contributed by atoms with Crippen LogP contribution in [0.1, 0.15) is 0 Å². The highest BCUT2D eigenvalue weighted by molar-refractivity contribution is 7.92. The molecular formula is C12H12N2O3S. The third kappa shape index (κ3) is 2.98. The summed E-state index contributed by atoms with van der Waals surface area (Å²) < 4.78 is 24.6. The largest absolute Gasteiger partial charge is 0.329 e. The van der Waals surface area contributed by atoms with Gasteiger partial charge in [0.05, 0.1) is 6.26 Å². The molecule has 1 heterocycles. The van der Waals surface area contributed by atoms with Crippen LogP contribution in [0.15, 0.2) is 47.4 Å². The number of aromatic amines is 1.